The zero-order valence-electron chi connectivity index (χ0n) is 14.1. The first-order valence-electron chi connectivity index (χ1n) is 6.88. The lowest BCUT2D eigenvalue weighted by atomic mass is 10.3. The average Bonchev–Trinajstić information content (AvgIpc) is 2.22. The van der Waals surface area contributed by atoms with Crippen molar-refractivity contribution in [2.45, 2.75) is 81.6 Å². The minimum atomic E-state index is 0.833. The molecule has 0 unspecified atom stereocenters. The average molecular weight is 236 g/mol. The molecule has 0 amide bonds. The number of hydrogen-bond acceptors (Lipinski definition) is 1. The van der Waals surface area contributed by atoms with Gasteiger partial charge in [-0.2, -0.15) is 0 Å². The molecule has 1 nitrogen and oxygen atoms in total. The molecule has 0 aliphatic carbocycles. The van der Waals surface area contributed by atoms with Crippen LogP contribution in [0, 0.1) is 5.92 Å². The molecule has 0 spiro atoms. The summed E-state index contributed by atoms with van der Waals surface area (Å²) in [5.74, 6) is 0.833. The van der Waals surface area contributed by atoms with Gasteiger partial charge in [0, 0.05) is 14.2 Å². The van der Waals surface area contributed by atoms with Crippen LogP contribution >= 0.6 is 0 Å². The highest BCUT2D eigenvalue weighted by molar-refractivity contribution is 4.20. The van der Waals surface area contributed by atoms with Crippen LogP contribution < -0.4 is 0 Å². The second-order valence-corrected chi connectivity index (χ2v) is 3.85. The molecule has 0 aromatic rings. The van der Waals surface area contributed by atoms with Gasteiger partial charge in [-0.25, -0.2) is 0 Å². The number of unbranched alkanes of at least 4 members (excludes halogenated alkanes) is 1. The molecule has 0 bridgehead atoms. The molecule has 0 rings (SSSR count). The SMILES string of the molecule is CC.CC(C)C.CCC.CCCC.COC. The van der Waals surface area contributed by atoms with E-state index in [-0.39, 0.29) is 0 Å². The maximum absolute atomic E-state index is 4.25. The van der Waals surface area contributed by atoms with E-state index in [1.54, 1.807) is 14.2 Å². The third-order valence-corrected chi connectivity index (χ3v) is 0.500. The molecule has 0 fully saturated rings. The van der Waals surface area contributed by atoms with Crippen LogP contribution in [0.1, 0.15) is 81.6 Å². The summed E-state index contributed by atoms with van der Waals surface area (Å²) in [4.78, 5) is 0. The van der Waals surface area contributed by atoms with Crippen molar-refractivity contribution in [1.29, 1.82) is 0 Å². The topological polar surface area (TPSA) is 9.23 Å². The Morgan fingerprint density at radius 1 is 0.750 bits per heavy atom. The Bertz CT molecular complexity index is 35.9. The van der Waals surface area contributed by atoms with Crippen LogP contribution in [0.25, 0.3) is 0 Å². The molecule has 0 aromatic carbocycles. The maximum Gasteiger partial charge on any atom is 0.0351 e. The van der Waals surface area contributed by atoms with E-state index in [1.165, 1.54) is 19.3 Å². The summed E-state index contributed by atoms with van der Waals surface area (Å²) in [6.07, 6.45) is 3.89. The lowest BCUT2D eigenvalue weighted by Gasteiger charge is -1.79. The third kappa shape index (κ3) is 2540. The first-order chi connectivity index (χ1) is 7.47. The van der Waals surface area contributed by atoms with Gasteiger partial charge < -0.3 is 4.74 Å². The van der Waals surface area contributed by atoms with Crippen molar-refractivity contribution in [3.05, 3.63) is 0 Å². The Labute approximate surface area is 107 Å². The van der Waals surface area contributed by atoms with Crippen LogP contribution in [-0.4, -0.2) is 14.2 Å². The lowest BCUT2D eigenvalue weighted by Crippen LogP contribution is -1.66. The number of methoxy groups -OCH3 is 1. The van der Waals surface area contributed by atoms with E-state index in [1.807, 2.05) is 13.8 Å². The van der Waals surface area contributed by atoms with E-state index >= 15 is 0 Å². The standard InChI is InChI=1S/2C4H10.C3H8.C2H6O.C2H6/c1-4(2)3;1-3-4-2;2*1-3-2;1-2/h4H,1-3H3;3-4H2,1-2H3;3H2,1-2H3;1-2H3;1-2H3. The molecule has 0 N–H and O–H groups in total. The van der Waals surface area contributed by atoms with Crippen LogP contribution in [0.5, 0.6) is 0 Å². The van der Waals surface area contributed by atoms with Crippen molar-refractivity contribution in [2.24, 2.45) is 5.92 Å². The summed E-state index contributed by atoms with van der Waals surface area (Å²) >= 11 is 0. The highest BCUT2D eigenvalue weighted by Crippen LogP contribution is 1.81. The van der Waals surface area contributed by atoms with Crippen LogP contribution in [0.2, 0.25) is 0 Å². The lowest BCUT2D eigenvalue weighted by molar-refractivity contribution is 0.277. The van der Waals surface area contributed by atoms with Gasteiger partial charge in [-0.3, -0.25) is 0 Å². The molecule has 1 heteroatoms. The monoisotopic (exact) mass is 236 g/mol. The van der Waals surface area contributed by atoms with Gasteiger partial charge in [-0.15, -0.1) is 0 Å². The van der Waals surface area contributed by atoms with Gasteiger partial charge in [0.05, 0.1) is 0 Å². The van der Waals surface area contributed by atoms with Crippen LogP contribution in [0.3, 0.4) is 0 Å². The van der Waals surface area contributed by atoms with Gasteiger partial charge in [-0.1, -0.05) is 81.6 Å². The predicted octanol–water partition coefficient (Wildman–Crippen LogP) is 6.17. The zero-order valence-corrected chi connectivity index (χ0v) is 14.1. The molecule has 0 radical (unpaired) electrons. The highest BCUT2D eigenvalue weighted by atomic mass is 16.4. The van der Waals surface area contributed by atoms with E-state index in [9.17, 15) is 0 Å². The minimum absolute atomic E-state index is 0.833. The Balaban J connectivity index is -0.0000000322. The molecular formula is C15H40O. The smallest absolute Gasteiger partial charge is 0.0351 e. The molecule has 0 atom stereocenters. The van der Waals surface area contributed by atoms with Gasteiger partial charge >= 0.3 is 0 Å². The van der Waals surface area contributed by atoms with Gasteiger partial charge in [0.25, 0.3) is 0 Å². The van der Waals surface area contributed by atoms with E-state index in [4.69, 9.17) is 0 Å². The molecular weight excluding hydrogens is 196 g/mol. The molecule has 0 aliphatic rings. The second kappa shape index (κ2) is 60.2. The minimum Gasteiger partial charge on any atom is -0.388 e. The Morgan fingerprint density at radius 2 is 0.812 bits per heavy atom. The highest BCUT2D eigenvalue weighted by Gasteiger charge is 1.68. The van der Waals surface area contributed by atoms with E-state index in [0.717, 1.165) is 5.92 Å². The first-order valence-corrected chi connectivity index (χ1v) is 6.88. The van der Waals surface area contributed by atoms with E-state index in [2.05, 4.69) is 53.2 Å². The molecule has 106 valence electrons. The van der Waals surface area contributed by atoms with Gasteiger partial charge in [0.1, 0.15) is 0 Å². The van der Waals surface area contributed by atoms with Crippen molar-refractivity contribution in [1.82, 2.24) is 0 Å². The normalized spacial score (nSPS) is 6.75. The molecule has 0 aliphatic heterocycles. The number of rotatable bonds is 1. The van der Waals surface area contributed by atoms with E-state index < -0.39 is 0 Å². The van der Waals surface area contributed by atoms with Crippen LogP contribution in [0.15, 0.2) is 0 Å². The predicted molar refractivity (Wildman–Crippen MR) is 81.3 cm³/mol. The van der Waals surface area contributed by atoms with Crippen molar-refractivity contribution < 1.29 is 4.74 Å². The molecule has 0 aromatic heterocycles. The van der Waals surface area contributed by atoms with Crippen LogP contribution in [-0.2, 0) is 4.74 Å². The number of ether oxygens (including phenoxy) is 1. The molecule has 0 saturated heterocycles. The largest absolute Gasteiger partial charge is 0.388 e. The maximum atomic E-state index is 4.25. The number of hydrogen-bond donors (Lipinski definition) is 0. The molecule has 16 heavy (non-hydrogen) atoms. The first kappa shape index (κ1) is 29.7. The summed E-state index contributed by atoms with van der Waals surface area (Å²) in [5.41, 5.74) is 0. The van der Waals surface area contributed by atoms with Crippen molar-refractivity contribution >= 4 is 0 Å². The Hall–Kier alpha value is -0.0400. The molecule has 0 heterocycles. The fraction of sp³-hybridized carbons (Fsp3) is 1.00. The molecule has 0 saturated carbocycles. The fourth-order valence-corrected chi connectivity index (χ4v) is 0. The summed E-state index contributed by atoms with van der Waals surface area (Å²) in [7, 11) is 3.25. The quantitative estimate of drug-likeness (QED) is 0.528. The van der Waals surface area contributed by atoms with Gasteiger partial charge in [0.15, 0.2) is 0 Å². The Morgan fingerprint density at radius 3 is 0.812 bits per heavy atom. The second-order valence-electron chi connectivity index (χ2n) is 3.85. The Kier molecular flexibility index (Phi) is 112. The third-order valence-electron chi connectivity index (χ3n) is 0.500. The summed E-state index contributed by atoms with van der Waals surface area (Å²) in [6.45, 7) is 19.1. The van der Waals surface area contributed by atoms with Crippen molar-refractivity contribution in [3.63, 3.8) is 0 Å². The van der Waals surface area contributed by atoms with Gasteiger partial charge in [0.2, 0.25) is 0 Å². The summed E-state index contributed by atoms with van der Waals surface area (Å²) in [6, 6.07) is 0. The summed E-state index contributed by atoms with van der Waals surface area (Å²) in [5, 5.41) is 0. The van der Waals surface area contributed by atoms with Gasteiger partial charge in [-0.05, 0) is 5.92 Å². The van der Waals surface area contributed by atoms with Crippen molar-refractivity contribution in [2.75, 3.05) is 14.2 Å². The van der Waals surface area contributed by atoms with Crippen molar-refractivity contribution in [3.8, 4) is 0 Å². The zero-order chi connectivity index (χ0) is 14.4. The van der Waals surface area contributed by atoms with E-state index in [0.29, 0.717) is 0 Å². The fourth-order valence-electron chi connectivity index (χ4n) is 0. The summed E-state index contributed by atoms with van der Waals surface area (Å²) < 4.78 is 4.25. The van der Waals surface area contributed by atoms with Crippen LogP contribution in [0.4, 0.5) is 0 Å².